The average molecular weight is 350 g/mol. The predicted molar refractivity (Wildman–Crippen MR) is 100 cm³/mol. The van der Waals surface area contributed by atoms with Crippen molar-refractivity contribution in [3.05, 3.63) is 47.4 Å². The number of hydrogen-bond donors (Lipinski definition) is 3. The molecule has 122 valence electrons. The van der Waals surface area contributed by atoms with Crippen LogP contribution in [0.25, 0.3) is 0 Å². The molecule has 23 heavy (non-hydrogen) atoms. The van der Waals surface area contributed by atoms with Crippen LogP contribution in [0.1, 0.15) is 18.4 Å². The Labute approximate surface area is 146 Å². The summed E-state index contributed by atoms with van der Waals surface area (Å²) in [6.45, 7) is 3.60. The highest BCUT2D eigenvalue weighted by Gasteiger charge is 2.01. The number of halogens is 1. The van der Waals surface area contributed by atoms with E-state index in [9.17, 15) is 0 Å². The zero-order valence-electron chi connectivity index (χ0n) is 13.0. The lowest BCUT2D eigenvalue weighted by molar-refractivity contribution is 0.733. The van der Waals surface area contributed by atoms with Gasteiger partial charge >= 0.3 is 0 Å². The maximum atomic E-state index is 6.12. The van der Waals surface area contributed by atoms with E-state index in [0.717, 1.165) is 43.0 Å². The van der Waals surface area contributed by atoms with E-state index < -0.39 is 0 Å². The maximum Gasteiger partial charge on any atom is 0.170 e. The Morgan fingerprint density at radius 3 is 2.83 bits per heavy atom. The highest BCUT2D eigenvalue weighted by molar-refractivity contribution is 7.80. The van der Waals surface area contributed by atoms with Crippen molar-refractivity contribution in [2.45, 2.75) is 19.8 Å². The first-order chi connectivity index (χ1) is 11.1. The highest BCUT2D eigenvalue weighted by atomic mass is 35.5. The maximum absolute atomic E-state index is 6.12. The summed E-state index contributed by atoms with van der Waals surface area (Å²) in [6.07, 6.45) is 7.25. The van der Waals surface area contributed by atoms with E-state index >= 15 is 0 Å². The van der Waals surface area contributed by atoms with Gasteiger partial charge < -0.3 is 16.0 Å². The second-order valence-electron chi connectivity index (χ2n) is 5.10. The second kappa shape index (κ2) is 9.27. The molecule has 7 heteroatoms. The van der Waals surface area contributed by atoms with E-state index in [0.29, 0.717) is 10.1 Å². The minimum absolute atomic E-state index is 0.606. The minimum Gasteiger partial charge on any atom is -0.369 e. The number of rotatable bonds is 7. The van der Waals surface area contributed by atoms with E-state index in [2.05, 4.69) is 25.9 Å². The lowest BCUT2D eigenvalue weighted by atomic mass is 10.3. The summed E-state index contributed by atoms with van der Waals surface area (Å²) >= 11 is 11.3. The van der Waals surface area contributed by atoms with Crippen molar-refractivity contribution in [1.29, 1.82) is 0 Å². The Kier molecular flexibility index (Phi) is 7.03. The molecule has 0 saturated carbocycles. The Balaban J connectivity index is 1.58. The van der Waals surface area contributed by atoms with Gasteiger partial charge in [-0.25, -0.2) is 4.98 Å². The van der Waals surface area contributed by atoms with E-state index in [1.54, 1.807) is 18.6 Å². The number of nitrogens with one attached hydrogen (secondary N) is 3. The molecule has 0 atom stereocenters. The third-order valence-corrected chi connectivity index (χ3v) is 3.61. The van der Waals surface area contributed by atoms with Crippen molar-refractivity contribution in [3.63, 3.8) is 0 Å². The van der Waals surface area contributed by atoms with Crippen LogP contribution >= 0.6 is 23.8 Å². The molecule has 5 nitrogen and oxygen atoms in total. The molecule has 2 heterocycles. The SMILES string of the molecule is Cc1cnc(NCCCCNC(=S)Nc2cccnc2)c(Cl)c1. The average Bonchev–Trinajstić information content (AvgIpc) is 2.53. The molecule has 0 aromatic carbocycles. The summed E-state index contributed by atoms with van der Waals surface area (Å²) in [5.41, 5.74) is 1.94. The zero-order valence-corrected chi connectivity index (χ0v) is 14.5. The molecule has 0 spiro atoms. The summed E-state index contributed by atoms with van der Waals surface area (Å²) in [5, 5.41) is 10.8. The van der Waals surface area contributed by atoms with Gasteiger partial charge in [-0.3, -0.25) is 4.98 Å². The number of thiocarbonyl (C=S) groups is 1. The summed E-state index contributed by atoms with van der Waals surface area (Å²) in [5.74, 6) is 0.735. The molecule has 2 aromatic heterocycles. The fraction of sp³-hybridized carbons (Fsp3) is 0.312. The monoisotopic (exact) mass is 349 g/mol. The van der Waals surface area contributed by atoms with Crippen LogP contribution in [0.15, 0.2) is 36.8 Å². The van der Waals surface area contributed by atoms with Gasteiger partial charge in [0.25, 0.3) is 0 Å². The topological polar surface area (TPSA) is 61.9 Å². The van der Waals surface area contributed by atoms with Gasteiger partial charge in [-0.15, -0.1) is 0 Å². The number of aromatic nitrogens is 2. The fourth-order valence-corrected chi connectivity index (χ4v) is 2.44. The minimum atomic E-state index is 0.606. The number of anilines is 2. The molecule has 0 bridgehead atoms. The molecule has 0 unspecified atom stereocenters. The molecule has 0 radical (unpaired) electrons. The lowest BCUT2D eigenvalue weighted by Gasteiger charge is -2.11. The third-order valence-electron chi connectivity index (χ3n) is 3.08. The summed E-state index contributed by atoms with van der Waals surface area (Å²) < 4.78 is 0. The van der Waals surface area contributed by atoms with Gasteiger partial charge in [0.15, 0.2) is 5.11 Å². The number of unbranched alkanes of at least 4 members (excludes halogenated alkanes) is 1. The Hall–Kier alpha value is -1.92. The lowest BCUT2D eigenvalue weighted by Crippen LogP contribution is -2.29. The molecule has 2 aromatic rings. The van der Waals surface area contributed by atoms with Crippen molar-refractivity contribution in [2.24, 2.45) is 0 Å². The number of nitrogens with zero attached hydrogens (tertiary/aromatic N) is 2. The van der Waals surface area contributed by atoms with Gasteiger partial charge in [0, 0.05) is 25.5 Å². The van der Waals surface area contributed by atoms with Crippen LogP contribution in [-0.4, -0.2) is 28.2 Å². The third kappa shape index (κ3) is 6.38. The van der Waals surface area contributed by atoms with Crippen molar-refractivity contribution >= 4 is 40.4 Å². The van der Waals surface area contributed by atoms with Gasteiger partial charge in [0.2, 0.25) is 0 Å². The van der Waals surface area contributed by atoms with E-state index in [-0.39, 0.29) is 0 Å². The molecular formula is C16H20ClN5S. The van der Waals surface area contributed by atoms with Crippen LogP contribution in [-0.2, 0) is 0 Å². The zero-order chi connectivity index (χ0) is 16.5. The van der Waals surface area contributed by atoms with Gasteiger partial charge in [0.05, 0.1) is 16.9 Å². The van der Waals surface area contributed by atoms with Crippen LogP contribution in [0, 0.1) is 6.92 Å². The van der Waals surface area contributed by atoms with Crippen LogP contribution in [0.4, 0.5) is 11.5 Å². The summed E-state index contributed by atoms with van der Waals surface area (Å²) in [7, 11) is 0. The molecule has 3 N–H and O–H groups in total. The van der Waals surface area contributed by atoms with Crippen molar-refractivity contribution in [1.82, 2.24) is 15.3 Å². The first-order valence-electron chi connectivity index (χ1n) is 7.46. The number of hydrogen-bond acceptors (Lipinski definition) is 4. The Morgan fingerprint density at radius 1 is 1.26 bits per heavy atom. The van der Waals surface area contributed by atoms with Crippen LogP contribution in [0.3, 0.4) is 0 Å². The van der Waals surface area contributed by atoms with Gasteiger partial charge in [-0.05, 0) is 55.7 Å². The normalized spacial score (nSPS) is 10.2. The molecule has 2 rings (SSSR count). The van der Waals surface area contributed by atoms with Gasteiger partial charge in [0.1, 0.15) is 5.82 Å². The second-order valence-corrected chi connectivity index (χ2v) is 5.92. The van der Waals surface area contributed by atoms with Crippen LogP contribution in [0.2, 0.25) is 5.02 Å². The van der Waals surface area contributed by atoms with Gasteiger partial charge in [-0.2, -0.15) is 0 Å². The fourth-order valence-electron chi connectivity index (χ4n) is 1.93. The van der Waals surface area contributed by atoms with Crippen LogP contribution in [0.5, 0.6) is 0 Å². The quantitative estimate of drug-likeness (QED) is 0.524. The first kappa shape index (κ1) is 17.4. The molecule has 0 aliphatic rings. The molecule has 0 amide bonds. The van der Waals surface area contributed by atoms with Gasteiger partial charge in [-0.1, -0.05) is 11.6 Å². The number of aryl methyl sites for hydroxylation is 1. The van der Waals surface area contributed by atoms with Crippen molar-refractivity contribution in [3.8, 4) is 0 Å². The summed E-state index contributed by atoms with van der Waals surface area (Å²) in [6, 6.07) is 5.69. The smallest absolute Gasteiger partial charge is 0.170 e. The Bertz CT molecular complexity index is 636. The molecule has 0 fully saturated rings. The Morgan fingerprint density at radius 2 is 2.09 bits per heavy atom. The standard InChI is InChI=1S/C16H20ClN5S/c1-12-9-14(17)15(21-10-12)19-7-2-3-8-20-16(23)22-13-5-4-6-18-11-13/h4-6,9-11H,2-3,7-8H2,1H3,(H,19,21)(H2,20,22,23). The van der Waals surface area contributed by atoms with Crippen molar-refractivity contribution in [2.75, 3.05) is 23.7 Å². The van der Waals surface area contributed by atoms with Crippen LogP contribution < -0.4 is 16.0 Å². The number of pyridine rings is 2. The molecule has 0 aliphatic heterocycles. The van der Waals surface area contributed by atoms with E-state index in [1.165, 1.54) is 0 Å². The molecule has 0 saturated heterocycles. The summed E-state index contributed by atoms with van der Waals surface area (Å²) in [4.78, 5) is 8.30. The van der Waals surface area contributed by atoms with Crippen molar-refractivity contribution < 1.29 is 0 Å². The molecular weight excluding hydrogens is 330 g/mol. The molecule has 0 aliphatic carbocycles. The van der Waals surface area contributed by atoms with E-state index in [1.807, 2.05) is 25.1 Å². The largest absolute Gasteiger partial charge is 0.369 e. The predicted octanol–water partition coefficient (Wildman–Crippen LogP) is 3.62. The van der Waals surface area contributed by atoms with E-state index in [4.69, 9.17) is 23.8 Å². The first-order valence-corrected chi connectivity index (χ1v) is 8.24. The highest BCUT2D eigenvalue weighted by Crippen LogP contribution is 2.19.